The number of aryl methyl sites for hydroxylation is 2. The minimum atomic E-state index is -4.22. The average molecular weight is 626 g/mol. The molecule has 0 unspecified atom stereocenters. The maximum Gasteiger partial charge on any atom is 0.264 e. The van der Waals surface area contributed by atoms with Gasteiger partial charge in [0.1, 0.15) is 18.3 Å². The van der Waals surface area contributed by atoms with E-state index in [-0.39, 0.29) is 29.1 Å². The smallest absolute Gasteiger partial charge is 0.264 e. The fourth-order valence-corrected chi connectivity index (χ4v) is 6.92. The van der Waals surface area contributed by atoms with Crippen molar-refractivity contribution >= 4 is 39.1 Å². The predicted molar refractivity (Wildman–Crippen MR) is 170 cm³/mol. The van der Waals surface area contributed by atoms with E-state index in [4.69, 9.17) is 16.3 Å². The van der Waals surface area contributed by atoms with E-state index in [0.717, 1.165) is 47.5 Å². The molecule has 10 heteroatoms. The zero-order valence-corrected chi connectivity index (χ0v) is 26.7. The summed E-state index contributed by atoms with van der Waals surface area (Å²) >= 11 is 6.48. The number of hydrogen-bond acceptors (Lipinski definition) is 5. The molecule has 1 aliphatic carbocycles. The second kappa shape index (κ2) is 14.3. The number of nitrogens with zero attached hydrogens (tertiary/aromatic N) is 2. The molecule has 0 radical (unpaired) electrons. The van der Waals surface area contributed by atoms with E-state index in [0.29, 0.717) is 16.3 Å². The van der Waals surface area contributed by atoms with Crippen LogP contribution in [0.15, 0.2) is 71.6 Å². The van der Waals surface area contributed by atoms with Crippen LogP contribution in [0, 0.1) is 13.8 Å². The summed E-state index contributed by atoms with van der Waals surface area (Å²) in [5.41, 5.74) is 2.57. The molecule has 0 aromatic heterocycles. The number of carbonyl (C=O) groups excluding carboxylic acids is 2. The Morgan fingerprint density at radius 1 is 0.977 bits per heavy atom. The SMILES string of the molecule is COc1ccc(C)cc1N(CC(=O)N(Cc1ccccc1Cl)[C@@H](C)C(=O)NC1CCCCC1)S(=O)(=O)c1ccc(C)cc1. The number of amides is 2. The van der Waals surface area contributed by atoms with E-state index < -0.39 is 28.5 Å². The topological polar surface area (TPSA) is 96.0 Å². The summed E-state index contributed by atoms with van der Waals surface area (Å²) in [7, 11) is -2.77. The van der Waals surface area contributed by atoms with Gasteiger partial charge in [-0.15, -0.1) is 0 Å². The lowest BCUT2D eigenvalue weighted by atomic mass is 9.95. The van der Waals surface area contributed by atoms with Gasteiger partial charge >= 0.3 is 0 Å². The van der Waals surface area contributed by atoms with Crippen LogP contribution in [0.25, 0.3) is 0 Å². The molecule has 0 aliphatic heterocycles. The third-order valence-corrected chi connectivity index (χ3v) is 10.1. The van der Waals surface area contributed by atoms with E-state index >= 15 is 0 Å². The van der Waals surface area contributed by atoms with Gasteiger partial charge in [0.2, 0.25) is 11.8 Å². The van der Waals surface area contributed by atoms with Crippen LogP contribution in [0.2, 0.25) is 5.02 Å². The molecule has 1 aliphatic rings. The van der Waals surface area contributed by atoms with Crippen molar-refractivity contribution in [1.82, 2.24) is 10.2 Å². The highest BCUT2D eigenvalue weighted by Gasteiger charge is 2.34. The van der Waals surface area contributed by atoms with Crippen LogP contribution in [0.5, 0.6) is 5.75 Å². The van der Waals surface area contributed by atoms with Crippen molar-refractivity contribution in [2.75, 3.05) is 18.0 Å². The Balaban J connectivity index is 1.74. The fourth-order valence-electron chi connectivity index (χ4n) is 5.31. The highest BCUT2D eigenvalue weighted by molar-refractivity contribution is 7.92. The van der Waals surface area contributed by atoms with Gasteiger partial charge in [0.05, 0.1) is 17.7 Å². The monoisotopic (exact) mass is 625 g/mol. The summed E-state index contributed by atoms with van der Waals surface area (Å²) in [6.45, 7) is 4.85. The quantitative estimate of drug-likeness (QED) is 0.281. The molecule has 3 aromatic rings. The van der Waals surface area contributed by atoms with Crippen molar-refractivity contribution in [3.63, 3.8) is 0 Å². The second-order valence-electron chi connectivity index (χ2n) is 11.1. The molecule has 0 saturated heterocycles. The highest BCUT2D eigenvalue weighted by atomic mass is 35.5. The largest absolute Gasteiger partial charge is 0.495 e. The van der Waals surface area contributed by atoms with Crippen molar-refractivity contribution in [2.24, 2.45) is 0 Å². The molecular weight excluding hydrogens is 586 g/mol. The molecule has 1 fully saturated rings. The Labute approximate surface area is 260 Å². The van der Waals surface area contributed by atoms with Gasteiger partial charge in [0, 0.05) is 17.6 Å². The van der Waals surface area contributed by atoms with Gasteiger partial charge in [0.25, 0.3) is 10.0 Å². The maximum absolute atomic E-state index is 14.3. The van der Waals surface area contributed by atoms with Crippen LogP contribution >= 0.6 is 11.6 Å². The first-order valence-corrected chi connectivity index (χ1v) is 16.4. The van der Waals surface area contributed by atoms with Crippen LogP contribution < -0.4 is 14.4 Å². The number of anilines is 1. The molecule has 0 heterocycles. The van der Waals surface area contributed by atoms with Crippen molar-refractivity contribution in [1.29, 1.82) is 0 Å². The van der Waals surface area contributed by atoms with Crippen molar-refractivity contribution in [2.45, 2.75) is 76.4 Å². The molecule has 230 valence electrons. The number of hydrogen-bond donors (Lipinski definition) is 1. The number of carbonyl (C=O) groups is 2. The third kappa shape index (κ3) is 7.89. The zero-order chi connectivity index (χ0) is 31.1. The van der Waals surface area contributed by atoms with Crippen LogP contribution in [-0.4, -0.2) is 50.9 Å². The summed E-state index contributed by atoms with van der Waals surface area (Å²) in [5, 5.41) is 3.56. The first-order valence-electron chi connectivity index (χ1n) is 14.6. The van der Waals surface area contributed by atoms with Crippen LogP contribution in [0.4, 0.5) is 5.69 Å². The number of halogens is 1. The minimum absolute atomic E-state index is 0.0289. The lowest BCUT2D eigenvalue weighted by molar-refractivity contribution is -0.139. The fraction of sp³-hybridized carbons (Fsp3) is 0.394. The summed E-state index contributed by atoms with van der Waals surface area (Å²) in [6.07, 6.45) is 5.03. The molecule has 43 heavy (non-hydrogen) atoms. The van der Waals surface area contributed by atoms with E-state index in [1.165, 1.54) is 24.1 Å². The van der Waals surface area contributed by atoms with Gasteiger partial charge in [-0.1, -0.05) is 72.8 Å². The first kappa shape index (κ1) is 32.4. The number of rotatable bonds is 11. The highest BCUT2D eigenvalue weighted by Crippen LogP contribution is 2.34. The van der Waals surface area contributed by atoms with Crippen LogP contribution in [0.1, 0.15) is 55.7 Å². The summed E-state index contributed by atoms with van der Waals surface area (Å²) < 4.78 is 34.9. The first-order chi connectivity index (χ1) is 20.5. The molecule has 4 rings (SSSR count). The Bertz CT molecular complexity index is 1540. The van der Waals surface area contributed by atoms with Crippen LogP contribution in [-0.2, 0) is 26.2 Å². The van der Waals surface area contributed by atoms with E-state index in [9.17, 15) is 18.0 Å². The number of benzene rings is 3. The Hall–Kier alpha value is -3.56. The molecule has 2 amide bonds. The molecule has 1 saturated carbocycles. The molecular formula is C33H40ClN3O5S. The van der Waals surface area contributed by atoms with Crippen LogP contribution in [0.3, 0.4) is 0 Å². The lowest BCUT2D eigenvalue weighted by Crippen LogP contribution is -2.53. The standard InChI is InChI=1S/C33H40ClN3O5S/c1-23-14-17-28(18-15-23)43(40,41)37(30-20-24(2)16-19-31(30)42-4)22-32(38)36(21-26-10-8-9-13-29(26)34)25(3)33(39)35-27-11-6-5-7-12-27/h8-10,13-20,25,27H,5-7,11-12,21-22H2,1-4H3,(H,35,39)/t25-/m0/s1. The van der Waals surface area contributed by atoms with E-state index in [1.54, 1.807) is 49.4 Å². The zero-order valence-electron chi connectivity index (χ0n) is 25.2. The molecule has 0 bridgehead atoms. The number of sulfonamides is 1. The maximum atomic E-state index is 14.3. The molecule has 1 atom stereocenters. The van der Waals surface area contributed by atoms with E-state index in [2.05, 4.69) is 5.32 Å². The normalized spacial score (nSPS) is 14.5. The van der Waals surface area contributed by atoms with Gasteiger partial charge in [-0.3, -0.25) is 13.9 Å². The van der Waals surface area contributed by atoms with Gasteiger partial charge in [-0.25, -0.2) is 8.42 Å². The summed E-state index contributed by atoms with van der Waals surface area (Å²) in [4.78, 5) is 29.2. The van der Waals surface area contributed by atoms with Gasteiger partial charge < -0.3 is 15.0 Å². The minimum Gasteiger partial charge on any atom is -0.495 e. The van der Waals surface area contributed by atoms with Crippen molar-refractivity contribution < 1.29 is 22.7 Å². The Kier molecular flexibility index (Phi) is 10.7. The third-order valence-electron chi connectivity index (χ3n) is 7.91. The summed E-state index contributed by atoms with van der Waals surface area (Å²) in [6, 6.07) is 17.9. The molecule has 8 nitrogen and oxygen atoms in total. The van der Waals surface area contributed by atoms with Gasteiger partial charge in [-0.2, -0.15) is 0 Å². The summed E-state index contributed by atoms with van der Waals surface area (Å²) in [5.74, 6) is -0.534. The average Bonchev–Trinajstić information content (AvgIpc) is 2.99. The lowest BCUT2D eigenvalue weighted by Gasteiger charge is -2.33. The van der Waals surface area contributed by atoms with Crippen molar-refractivity contribution in [3.8, 4) is 5.75 Å². The number of nitrogens with one attached hydrogen (secondary N) is 1. The van der Waals surface area contributed by atoms with E-state index in [1.807, 2.05) is 26.0 Å². The van der Waals surface area contributed by atoms with Crippen molar-refractivity contribution in [3.05, 3.63) is 88.4 Å². The number of methoxy groups -OCH3 is 1. The predicted octanol–water partition coefficient (Wildman–Crippen LogP) is 6.03. The van der Waals surface area contributed by atoms with Gasteiger partial charge in [0.15, 0.2) is 0 Å². The number of ether oxygens (including phenoxy) is 1. The second-order valence-corrected chi connectivity index (χ2v) is 13.4. The Morgan fingerprint density at radius 2 is 1.63 bits per heavy atom. The molecule has 0 spiro atoms. The molecule has 1 N–H and O–H groups in total. The Morgan fingerprint density at radius 3 is 2.28 bits per heavy atom. The molecule has 3 aromatic carbocycles. The van der Waals surface area contributed by atoms with Gasteiger partial charge in [-0.05, 0) is 75.1 Å².